The van der Waals surface area contributed by atoms with Crippen molar-refractivity contribution in [1.82, 2.24) is 10.3 Å². The van der Waals surface area contributed by atoms with Crippen LogP contribution in [0.1, 0.15) is 5.69 Å². The lowest BCUT2D eigenvalue weighted by molar-refractivity contribution is 0.0162. The Balaban J connectivity index is 2.17. The zero-order chi connectivity index (χ0) is 12.5. The van der Waals surface area contributed by atoms with Gasteiger partial charge in [0.15, 0.2) is 0 Å². The van der Waals surface area contributed by atoms with Gasteiger partial charge in [0.2, 0.25) is 0 Å². The molecule has 94 valence electrons. The zero-order valence-corrected chi connectivity index (χ0v) is 9.63. The number of ether oxygens (including phenoxy) is 2. The van der Waals surface area contributed by atoms with Crippen LogP contribution in [0.2, 0.25) is 0 Å². The van der Waals surface area contributed by atoms with Crippen LogP contribution in [0.4, 0.5) is 4.79 Å². The summed E-state index contributed by atoms with van der Waals surface area (Å²) < 4.78 is 9.46. The number of amides is 1. The summed E-state index contributed by atoms with van der Waals surface area (Å²) in [6.07, 6.45) is 0.247. The number of aromatic nitrogens is 1. The van der Waals surface area contributed by atoms with Gasteiger partial charge < -0.3 is 19.9 Å². The number of carbonyl (C=O) groups is 1. The van der Waals surface area contributed by atoms with E-state index in [1.54, 1.807) is 18.3 Å². The number of pyridine rings is 1. The molecule has 0 saturated carbocycles. The molecular formula is C11H16N2O4. The highest BCUT2D eigenvalue weighted by Gasteiger charge is 2.07. The molecule has 0 aliphatic rings. The molecule has 0 saturated heterocycles. The van der Waals surface area contributed by atoms with Crippen LogP contribution in [0.5, 0.6) is 0 Å². The van der Waals surface area contributed by atoms with Crippen molar-refractivity contribution < 1.29 is 19.4 Å². The number of hydrogen-bond donors (Lipinski definition) is 2. The number of alkyl carbamates (subject to hydrolysis) is 1. The molecule has 0 radical (unpaired) electrons. The fraction of sp³-hybridized carbons (Fsp3) is 0.455. The van der Waals surface area contributed by atoms with E-state index in [-0.39, 0.29) is 13.2 Å². The van der Waals surface area contributed by atoms with Crippen molar-refractivity contribution in [3.05, 3.63) is 30.1 Å². The van der Waals surface area contributed by atoms with E-state index >= 15 is 0 Å². The second-order valence-corrected chi connectivity index (χ2v) is 3.38. The number of rotatable bonds is 6. The van der Waals surface area contributed by atoms with Gasteiger partial charge in [-0.25, -0.2) is 4.79 Å². The molecule has 1 unspecified atom stereocenters. The maximum atomic E-state index is 11.2. The van der Waals surface area contributed by atoms with Crippen molar-refractivity contribution >= 4 is 6.09 Å². The van der Waals surface area contributed by atoms with E-state index in [0.29, 0.717) is 6.54 Å². The average Bonchev–Trinajstić information content (AvgIpc) is 2.35. The molecule has 1 aromatic rings. The van der Waals surface area contributed by atoms with E-state index in [9.17, 15) is 9.90 Å². The zero-order valence-electron chi connectivity index (χ0n) is 9.63. The molecule has 1 aromatic heterocycles. The first kappa shape index (κ1) is 13.4. The molecule has 1 atom stereocenters. The number of methoxy groups -OCH3 is 1. The van der Waals surface area contributed by atoms with Crippen molar-refractivity contribution in [3.8, 4) is 0 Å². The predicted octanol–water partition coefficient (Wildman–Crippen LogP) is 0.315. The molecule has 6 nitrogen and oxygen atoms in total. The summed E-state index contributed by atoms with van der Waals surface area (Å²) in [6.45, 7) is 0.329. The average molecular weight is 240 g/mol. The molecule has 1 amide bonds. The Morgan fingerprint density at radius 1 is 1.53 bits per heavy atom. The maximum absolute atomic E-state index is 11.2. The van der Waals surface area contributed by atoms with E-state index in [4.69, 9.17) is 9.47 Å². The summed E-state index contributed by atoms with van der Waals surface area (Å²) in [6, 6.07) is 5.42. The Hall–Kier alpha value is -1.66. The molecule has 0 aromatic carbocycles. The lowest BCUT2D eigenvalue weighted by Crippen LogP contribution is -2.29. The van der Waals surface area contributed by atoms with E-state index < -0.39 is 12.2 Å². The summed E-state index contributed by atoms with van der Waals surface area (Å²) in [5.41, 5.74) is 0.738. The summed E-state index contributed by atoms with van der Waals surface area (Å²) in [7, 11) is 1.46. The van der Waals surface area contributed by atoms with Crippen molar-refractivity contribution in [2.24, 2.45) is 0 Å². The van der Waals surface area contributed by atoms with Crippen LogP contribution in [-0.4, -0.2) is 42.6 Å². The van der Waals surface area contributed by atoms with Gasteiger partial charge in [0, 0.05) is 13.3 Å². The van der Waals surface area contributed by atoms with Crippen molar-refractivity contribution in [2.75, 3.05) is 20.3 Å². The van der Waals surface area contributed by atoms with Crippen LogP contribution in [0.15, 0.2) is 24.4 Å². The monoisotopic (exact) mass is 240 g/mol. The maximum Gasteiger partial charge on any atom is 0.407 e. The topological polar surface area (TPSA) is 80.7 Å². The molecule has 0 aliphatic carbocycles. The normalized spacial score (nSPS) is 11.9. The molecule has 1 rings (SSSR count). The molecule has 6 heteroatoms. The number of nitrogens with one attached hydrogen (secondary N) is 1. The Morgan fingerprint density at radius 3 is 3.00 bits per heavy atom. The lowest BCUT2D eigenvalue weighted by Gasteiger charge is -2.10. The third-order valence-corrected chi connectivity index (χ3v) is 1.91. The van der Waals surface area contributed by atoms with Gasteiger partial charge in [0.1, 0.15) is 12.7 Å². The van der Waals surface area contributed by atoms with E-state index in [0.717, 1.165) is 5.69 Å². The predicted molar refractivity (Wildman–Crippen MR) is 60.3 cm³/mol. The molecule has 0 aliphatic heterocycles. The Labute approximate surface area is 99.6 Å². The highest BCUT2D eigenvalue weighted by molar-refractivity contribution is 5.67. The standard InChI is InChI=1S/C11H16N2O4/c1-16-7-10(14)8-17-11(15)13-6-9-4-2-3-5-12-9/h2-5,10,14H,6-8H2,1H3,(H,13,15). The lowest BCUT2D eigenvalue weighted by atomic mass is 10.3. The highest BCUT2D eigenvalue weighted by Crippen LogP contribution is 1.93. The third-order valence-electron chi connectivity index (χ3n) is 1.91. The summed E-state index contributed by atoms with van der Waals surface area (Å²) in [4.78, 5) is 15.2. The highest BCUT2D eigenvalue weighted by atomic mass is 16.6. The molecule has 0 bridgehead atoms. The first-order valence-corrected chi connectivity index (χ1v) is 5.20. The Morgan fingerprint density at radius 2 is 2.35 bits per heavy atom. The number of carbonyl (C=O) groups excluding carboxylic acids is 1. The van der Waals surface area contributed by atoms with Crippen LogP contribution in [-0.2, 0) is 16.0 Å². The van der Waals surface area contributed by atoms with Gasteiger partial charge in [0.25, 0.3) is 0 Å². The van der Waals surface area contributed by atoms with Gasteiger partial charge in [-0.05, 0) is 12.1 Å². The largest absolute Gasteiger partial charge is 0.447 e. The fourth-order valence-electron chi connectivity index (χ4n) is 1.13. The van der Waals surface area contributed by atoms with Gasteiger partial charge in [-0.3, -0.25) is 4.98 Å². The van der Waals surface area contributed by atoms with E-state index in [2.05, 4.69) is 10.3 Å². The van der Waals surface area contributed by atoms with Crippen molar-refractivity contribution in [2.45, 2.75) is 12.6 Å². The third kappa shape index (κ3) is 5.84. The SMILES string of the molecule is COCC(O)COC(=O)NCc1ccccn1. The minimum Gasteiger partial charge on any atom is -0.447 e. The number of aliphatic hydroxyl groups is 1. The molecule has 17 heavy (non-hydrogen) atoms. The summed E-state index contributed by atoms with van der Waals surface area (Å²) in [5, 5.41) is 11.8. The number of aliphatic hydroxyl groups excluding tert-OH is 1. The summed E-state index contributed by atoms with van der Waals surface area (Å²) in [5.74, 6) is 0. The minimum atomic E-state index is -0.805. The van der Waals surface area contributed by atoms with Gasteiger partial charge in [0.05, 0.1) is 18.8 Å². The number of hydrogen-bond acceptors (Lipinski definition) is 5. The second-order valence-electron chi connectivity index (χ2n) is 3.38. The van der Waals surface area contributed by atoms with Gasteiger partial charge >= 0.3 is 6.09 Å². The first-order valence-electron chi connectivity index (χ1n) is 5.20. The Kier molecular flexibility index (Phi) is 5.98. The van der Waals surface area contributed by atoms with Gasteiger partial charge in [-0.1, -0.05) is 6.07 Å². The van der Waals surface area contributed by atoms with Crippen molar-refractivity contribution in [1.29, 1.82) is 0 Å². The molecule has 0 fully saturated rings. The van der Waals surface area contributed by atoms with E-state index in [1.165, 1.54) is 7.11 Å². The van der Waals surface area contributed by atoms with Gasteiger partial charge in [-0.15, -0.1) is 0 Å². The molecular weight excluding hydrogens is 224 g/mol. The second kappa shape index (κ2) is 7.59. The quantitative estimate of drug-likeness (QED) is 0.748. The van der Waals surface area contributed by atoms with Crippen LogP contribution in [0, 0.1) is 0 Å². The van der Waals surface area contributed by atoms with E-state index in [1.807, 2.05) is 6.07 Å². The van der Waals surface area contributed by atoms with Crippen LogP contribution in [0.3, 0.4) is 0 Å². The molecule has 2 N–H and O–H groups in total. The number of nitrogens with zero attached hydrogens (tertiary/aromatic N) is 1. The minimum absolute atomic E-state index is 0.0953. The molecule has 0 spiro atoms. The summed E-state index contributed by atoms with van der Waals surface area (Å²) >= 11 is 0. The van der Waals surface area contributed by atoms with Crippen molar-refractivity contribution in [3.63, 3.8) is 0 Å². The van der Waals surface area contributed by atoms with Crippen LogP contribution >= 0.6 is 0 Å². The fourth-order valence-corrected chi connectivity index (χ4v) is 1.13. The first-order chi connectivity index (χ1) is 8.22. The molecule has 1 heterocycles. The smallest absolute Gasteiger partial charge is 0.407 e. The van der Waals surface area contributed by atoms with Crippen LogP contribution in [0.25, 0.3) is 0 Å². The van der Waals surface area contributed by atoms with Gasteiger partial charge in [-0.2, -0.15) is 0 Å². The van der Waals surface area contributed by atoms with Crippen LogP contribution < -0.4 is 5.32 Å². The Bertz CT molecular complexity index is 332.